The van der Waals surface area contributed by atoms with E-state index in [4.69, 9.17) is 9.47 Å². The van der Waals surface area contributed by atoms with E-state index in [2.05, 4.69) is 10.2 Å². The van der Waals surface area contributed by atoms with Crippen LogP contribution in [0.2, 0.25) is 0 Å². The number of alkyl carbamates (subject to hydrolysis) is 1. The zero-order chi connectivity index (χ0) is 24.6. The fourth-order valence-electron chi connectivity index (χ4n) is 6.39. The number of piperidine rings is 1. The van der Waals surface area contributed by atoms with Gasteiger partial charge < -0.3 is 19.7 Å². The van der Waals surface area contributed by atoms with Crippen molar-refractivity contribution in [3.05, 3.63) is 29.6 Å². The van der Waals surface area contributed by atoms with E-state index in [1.807, 2.05) is 0 Å². The molecule has 2 saturated heterocycles. The van der Waals surface area contributed by atoms with Gasteiger partial charge in [0.1, 0.15) is 11.9 Å². The van der Waals surface area contributed by atoms with Crippen LogP contribution in [0.15, 0.2) is 18.2 Å². The van der Waals surface area contributed by atoms with Gasteiger partial charge in [-0.3, -0.25) is 4.31 Å². The Morgan fingerprint density at radius 2 is 2.00 bits per heavy atom. The normalized spacial score (nSPS) is 29.1. The average Bonchev–Trinajstić information content (AvgIpc) is 3.35. The van der Waals surface area contributed by atoms with Crippen LogP contribution < -0.4 is 9.62 Å². The van der Waals surface area contributed by atoms with Gasteiger partial charge in [-0.15, -0.1) is 0 Å². The lowest BCUT2D eigenvalue weighted by Gasteiger charge is -2.43. The van der Waals surface area contributed by atoms with Crippen molar-refractivity contribution >= 4 is 21.8 Å². The summed E-state index contributed by atoms with van der Waals surface area (Å²) in [6, 6.07) is 4.91. The Labute approximate surface area is 208 Å². The number of sulfonamides is 1. The first-order valence-corrected chi connectivity index (χ1v) is 14.7. The average molecular weight is 512 g/mol. The number of carbonyl (C=O) groups excluding carboxylic acids is 1. The Bertz CT molecular complexity index is 1040. The van der Waals surface area contributed by atoms with Gasteiger partial charge in [-0.2, -0.15) is 0 Å². The summed E-state index contributed by atoms with van der Waals surface area (Å²) in [5, 5.41) is 3.09. The van der Waals surface area contributed by atoms with E-state index in [1.165, 1.54) is 22.7 Å². The number of fused-ring (bicyclic) bond motifs is 2. The molecular formula is C25H38FN3O5S. The second kappa shape index (κ2) is 9.86. The van der Waals surface area contributed by atoms with Gasteiger partial charge in [0.25, 0.3) is 0 Å². The van der Waals surface area contributed by atoms with Gasteiger partial charge in [0.05, 0.1) is 25.2 Å². The molecule has 1 saturated carbocycles. The van der Waals surface area contributed by atoms with E-state index in [0.717, 1.165) is 70.0 Å². The standard InChI is InChI=1S/C25H36FN3O5S.H2/c1-35(31,32)29-17-25(22-14-18(26)6-7-23(22)29)9-11-28(12-10-25)20-5-3-2-4-19(15-20)27-24(30)34-21-8-13-33-16-21;/h6-7,14,19-21H,2-5,8-13,15-17H2,1H3,(H,27,30);1H/t19?,20?,21-;/m1./s1. The molecule has 10 heteroatoms. The van der Waals surface area contributed by atoms with Crippen LogP contribution >= 0.6 is 0 Å². The maximum absolute atomic E-state index is 14.2. The number of anilines is 1. The molecule has 3 atom stereocenters. The van der Waals surface area contributed by atoms with Crippen molar-refractivity contribution in [2.24, 2.45) is 0 Å². The number of hydrogen-bond donors (Lipinski definition) is 1. The summed E-state index contributed by atoms with van der Waals surface area (Å²) >= 11 is 0. The molecule has 1 aromatic rings. The predicted octanol–water partition coefficient (Wildman–Crippen LogP) is 3.40. The lowest BCUT2D eigenvalue weighted by atomic mass is 9.74. The molecule has 3 heterocycles. The molecule has 3 aliphatic heterocycles. The lowest BCUT2D eigenvalue weighted by molar-refractivity contribution is 0.0768. The molecule has 35 heavy (non-hydrogen) atoms. The summed E-state index contributed by atoms with van der Waals surface area (Å²) in [5.74, 6) is -0.324. The predicted molar refractivity (Wildman–Crippen MR) is 133 cm³/mol. The molecular weight excluding hydrogens is 473 g/mol. The number of carbonyl (C=O) groups is 1. The molecule has 1 aromatic carbocycles. The van der Waals surface area contributed by atoms with E-state index in [1.54, 1.807) is 6.07 Å². The van der Waals surface area contributed by atoms with Gasteiger partial charge in [0.2, 0.25) is 10.0 Å². The number of ether oxygens (including phenoxy) is 2. The third kappa shape index (κ3) is 5.29. The molecule has 0 radical (unpaired) electrons. The number of benzene rings is 1. The molecule has 1 aliphatic carbocycles. The van der Waals surface area contributed by atoms with Gasteiger partial charge in [-0.1, -0.05) is 12.8 Å². The molecule has 1 amide bonds. The Balaban J connectivity index is 0.00000304. The highest BCUT2D eigenvalue weighted by molar-refractivity contribution is 7.92. The van der Waals surface area contributed by atoms with Crippen molar-refractivity contribution in [1.29, 1.82) is 0 Å². The maximum atomic E-state index is 14.2. The van der Waals surface area contributed by atoms with E-state index < -0.39 is 10.0 Å². The molecule has 8 nitrogen and oxygen atoms in total. The van der Waals surface area contributed by atoms with Crippen molar-refractivity contribution in [2.45, 2.75) is 75.0 Å². The largest absolute Gasteiger partial charge is 0.444 e. The second-order valence-corrected chi connectivity index (χ2v) is 12.6. The van der Waals surface area contributed by atoms with Gasteiger partial charge in [0, 0.05) is 31.9 Å². The maximum Gasteiger partial charge on any atom is 0.407 e. The van der Waals surface area contributed by atoms with Crippen LogP contribution in [0.5, 0.6) is 0 Å². The molecule has 3 fully saturated rings. The highest BCUT2D eigenvalue weighted by Gasteiger charge is 2.48. The molecule has 1 N–H and O–H groups in total. The van der Waals surface area contributed by atoms with Crippen LogP contribution in [0.4, 0.5) is 14.9 Å². The lowest BCUT2D eigenvalue weighted by Crippen LogP contribution is -2.50. The van der Waals surface area contributed by atoms with Crippen molar-refractivity contribution in [2.75, 3.05) is 43.4 Å². The summed E-state index contributed by atoms with van der Waals surface area (Å²) in [7, 11) is -3.43. The Morgan fingerprint density at radius 3 is 2.71 bits per heavy atom. The topological polar surface area (TPSA) is 88.2 Å². The molecule has 196 valence electrons. The van der Waals surface area contributed by atoms with Crippen LogP contribution in [-0.2, 0) is 24.9 Å². The minimum Gasteiger partial charge on any atom is -0.444 e. The summed E-state index contributed by atoms with van der Waals surface area (Å²) in [4.78, 5) is 14.9. The third-order valence-corrected chi connectivity index (χ3v) is 9.42. The minimum absolute atomic E-state index is 0. The van der Waals surface area contributed by atoms with Crippen LogP contribution in [-0.4, -0.2) is 76.7 Å². The fraction of sp³-hybridized carbons (Fsp3) is 0.720. The van der Waals surface area contributed by atoms with Crippen LogP contribution in [0, 0.1) is 5.82 Å². The number of hydrogen-bond acceptors (Lipinski definition) is 6. The van der Waals surface area contributed by atoms with E-state index in [0.29, 0.717) is 31.5 Å². The first kappa shape index (κ1) is 24.8. The molecule has 0 aromatic heterocycles. The molecule has 0 bridgehead atoms. The number of amides is 1. The number of likely N-dealkylation sites (tertiary alicyclic amines) is 1. The number of nitrogens with zero attached hydrogens (tertiary/aromatic N) is 2. The highest BCUT2D eigenvalue weighted by atomic mass is 32.2. The monoisotopic (exact) mass is 511 g/mol. The summed E-state index contributed by atoms with van der Waals surface area (Å²) < 4.78 is 51.3. The molecule has 2 unspecified atom stereocenters. The van der Waals surface area contributed by atoms with Gasteiger partial charge >= 0.3 is 6.09 Å². The number of nitrogens with one attached hydrogen (secondary N) is 1. The first-order chi connectivity index (χ1) is 16.7. The molecule has 4 aliphatic rings. The molecule has 1 spiro atoms. The van der Waals surface area contributed by atoms with Gasteiger partial charge in [0.15, 0.2) is 0 Å². The number of rotatable bonds is 4. The summed E-state index contributed by atoms with van der Waals surface area (Å²) in [6.07, 6.45) is 8.13. The second-order valence-electron chi connectivity index (χ2n) is 10.7. The third-order valence-electron chi connectivity index (χ3n) is 8.30. The van der Waals surface area contributed by atoms with Crippen molar-refractivity contribution in [1.82, 2.24) is 10.2 Å². The highest BCUT2D eigenvalue weighted by Crippen LogP contribution is 2.48. The number of halogens is 1. The SMILES string of the molecule is CS(=O)(=O)N1CC2(CCN(C3CCCCC(NC(=O)O[C@@H]4CCOC4)C3)CC2)c2cc(F)ccc21.[HH]. The zero-order valence-electron chi connectivity index (χ0n) is 20.4. The Hall–Kier alpha value is -1.91. The fourth-order valence-corrected chi connectivity index (χ4v) is 7.39. The van der Waals surface area contributed by atoms with E-state index in [-0.39, 0.29) is 30.9 Å². The smallest absolute Gasteiger partial charge is 0.407 e. The van der Waals surface area contributed by atoms with E-state index >= 15 is 0 Å². The van der Waals surface area contributed by atoms with Crippen LogP contribution in [0.25, 0.3) is 0 Å². The Kier molecular flexibility index (Phi) is 6.98. The quantitative estimate of drug-likeness (QED) is 0.624. The van der Waals surface area contributed by atoms with Crippen molar-refractivity contribution < 1.29 is 28.5 Å². The zero-order valence-corrected chi connectivity index (χ0v) is 21.2. The van der Waals surface area contributed by atoms with E-state index in [9.17, 15) is 17.6 Å². The van der Waals surface area contributed by atoms with Crippen LogP contribution in [0.1, 0.15) is 58.4 Å². The first-order valence-electron chi connectivity index (χ1n) is 12.8. The van der Waals surface area contributed by atoms with Gasteiger partial charge in [-0.05, 0) is 69.0 Å². The summed E-state index contributed by atoms with van der Waals surface area (Å²) in [6.45, 7) is 3.15. The minimum atomic E-state index is -3.43. The van der Waals surface area contributed by atoms with Crippen molar-refractivity contribution in [3.63, 3.8) is 0 Å². The molecule has 5 rings (SSSR count). The van der Waals surface area contributed by atoms with Crippen molar-refractivity contribution in [3.8, 4) is 0 Å². The summed E-state index contributed by atoms with van der Waals surface area (Å²) in [5.41, 5.74) is 1.08. The van der Waals surface area contributed by atoms with Gasteiger partial charge in [-0.25, -0.2) is 17.6 Å². The Morgan fingerprint density at radius 1 is 1.23 bits per heavy atom. The van der Waals surface area contributed by atoms with Crippen LogP contribution in [0.3, 0.4) is 0 Å².